The third kappa shape index (κ3) is 2.52. The normalized spacial score (nSPS) is 21.5. The Morgan fingerprint density at radius 1 is 1.33 bits per heavy atom. The van der Waals surface area contributed by atoms with Gasteiger partial charge in [0.1, 0.15) is 11.4 Å². The van der Waals surface area contributed by atoms with Crippen LogP contribution in [0.5, 0.6) is 5.75 Å². The van der Waals surface area contributed by atoms with Gasteiger partial charge in [0, 0.05) is 24.1 Å². The van der Waals surface area contributed by atoms with Crippen LogP contribution in [0, 0.1) is 5.41 Å². The van der Waals surface area contributed by atoms with Crippen molar-refractivity contribution in [2.75, 3.05) is 13.2 Å². The molecule has 0 aliphatic carbocycles. The molecule has 1 aliphatic rings. The molecule has 1 heterocycles. The minimum atomic E-state index is -0.255. The Balaban J connectivity index is 2.16. The van der Waals surface area contributed by atoms with Gasteiger partial charge in [0.2, 0.25) is 0 Å². The van der Waals surface area contributed by atoms with Crippen molar-refractivity contribution in [2.45, 2.75) is 39.3 Å². The summed E-state index contributed by atoms with van der Waals surface area (Å²) in [7, 11) is 0. The fourth-order valence-corrected chi connectivity index (χ4v) is 2.32. The lowest BCUT2D eigenvalue weighted by Crippen LogP contribution is -2.43. The van der Waals surface area contributed by atoms with Gasteiger partial charge in [-0.2, -0.15) is 0 Å². The Morgan fingerprint density at radius 2 is 2.00 bits per heavy atom. The quantitative estimate of drug-likeness (QED) is 0.861. The van der Waals surface area contributed by atoms with E-state index in [1.807, 2.05) is 18.2 Å². The lowest BCUT2D eigenvalue weighted by atomic mass is 9.90. The van der Waals surface area contributed by atoms with Crippen LogP contribution in [-0.4, -0.2) is 23.9 Å². The molecule has 0 amide bonds. The SMILES string of the molecule is CC(C)(CO)CNC1c2ccccc2OC1(C)C. The number of nitrogens with one attached hydrogen (secondary N) is 1. The summed E-state index contributed by atoms with van der Waals surface area (Å²) in [5.41, 5.74) is 0.833. The summed E-state index contributed by atoms with van der Waals surface area (Å²) < 4.78 is 5.98. The molecule has 1 atom stereocenters. The van der Waals surface area contributed by atoms with Crippen molar-refractivity contribution in [3.63, 3.8) is 0 Å². The van der Waals surface area contributed by atoms with Crippen molar-refractivity contribution >= 4 is 0 Å². The van der Waals surface area contributed by atoms with Crippen LogP contribution in [0.3, 0.4) is 0 Å². The zero-order valence-electron chi connectivity index (χ0n) is 11.7. The van der Waals surface area contributed by atoms with E-state index < -0.39 is 0 Å². The van der Waals surface area contributed by atoms with Gasteiger partial charge >= 0.3 is 0 Å². The maximum absolute atomic E-state index is 9.32. The Kier molecular flexibility index (Phi) is 3.39. The average molecular weight is 249 g/mol. The van der Waals surface area contributed by atoms with Crippen LogP contribution < -0.4 is 10.1 Å². The molecule has 1 aromatic rings. The van der Waals surface area contributed by atoms with Crippen molar-refractivity contribution in [3.8, 4) is 5.75 Å². The lowest BCUT2D eigenvalue weighted by molar-refractivity contribution is 0.0834. The predicted octanol–water partition coefficient (Wildman–Crippen LogP) is 2.51. The number of benzene rings is 1. The van der Waals surface area contributed by atoms with E-state index in [0.29, 0.717) is 0 Å². The number of rotatable bonds is 4. The molecule has 18 heavy (non-hydrogen) atoms. The van der Waals surface area contributed by atoms with Gasteiger partial charge in [0.15, 0.2) is 0 Å². The summed E-state index contributed by atoms with van der Waals surface area (Å²) in [6, 6.07) is 8.31. The van der Waals surface area contributed by atoms with Gasteiger partial charge in [-0.3, -0.25) is 0 Å². The van der Waals surface area contributed by atoms with E-state index in [4.69, 9.17) is 4.74 Å². The number of aliphatic hydroxyl groups excluding tert-OH is 1. The molecule has 2 N–H and O–H groups in total. The number of hydrogen-bond donors (Lipinski definition) is 2. The van der Waals surface area contributed by atoms with E-state index >= 15 is 0 Å². The Hall–Kier alpha value is -1.06. The minimum Gasteiger partial charge on any atom is -0.486 e. The second kappa shape index (κ2) is 4.56. The van der Waals surface area contributed by atoms with Crippen LogP contribution in [0.1, 0.15) is 39.3 Å². The second-order valence-corrected chi connectivity index (χ2v) is 6.38. The zero-order chi connectivity index (χ0) is 13.4. The highest BCUT2D eigenvalue weighted by atomic mass is 16.5. The molecule has 0 fully saturated rings. The van der Waals surface area contributed by atoms with Crippen LogP contribution in [0.4, 0.5) is 0 Å². The van der Waals surface area contributed by atoms with E-state index in [-0.39, 0.29) is 23.7 Å². The maximum Gasteiger partial charge on any atom is 0.125 e. The molecule has 0 aromatic heterocycles. The van der Waals surface area contributed by atoms with Gasteiger partial charge < -0.3 is 15.2 Å². The largest absolute Gasteiger partial charge is 0.486 e. The number of ether oxygens (including phenoxy) is 1. The van der Waals surface area contributed by atoms with E-state index in [9.17, 15) is 5.11 Å². The van der Waals surface area contributed by atoms with Gasteiger partial charge in [-0.05, 0) is 19.9 Å². The summed E-state index contributed by atoms with van der Waals surface area (Å²) in [6.45, 7) is 9.22. The topological polar surface area (TPSA) is 41.5 Å². The third-order valence-electron chi connectivity index (χ3n) is 3.51. The van der Waals surface area contributed by atoms with Crippen molar-refractivity contribution in [2.24, 2.45) is 5.41 Å². The van der Waals surface area contributed by atoms with Crippen molar-refractivity contribution < 1.29 is 9.84 Å². The molecule has 1 aliphatic heterocycles. The monoisotopic (exact) mass is 249 g/mol. The number of fused-ring (bicyclic) bond motifs is 1. The molecule has 1 unspecified atom stereocenters. The summed E-state index contributed by atoms with van der Waals surface area (Å²) in [4.78, 5) is 0. The standard InChI is InChI=1S/C15H23NO2/c1-14(2,10-17)9-16-13-11-7-5-6-8-12(11)18-15(13,3)4/h5-8,13,16-17H,9-10H2,1-4H3. The predicted molar refractivity (Wildman–Crippen MR) is 72.8 cm³/mol. The number of aliphatic hydroxyl groups is 1. The first kappa shape index (κ1) is 13.4. The van der Waals surface area contributed by atoms with E-state index in [1.54, 1.807) is 0 Å². The first-order chi connectivity index (χ1) is 8.36. The summed E-state index contributed by atoms with van der Waals surface area (Å²) in [5, 5.41) is 12.9. The molecule has 3 nitrogen and oxygen atoms in total. The Bertz CT molecular complexity index is 426. The highest BCUT2D eigenvalue weighted by Crippen LogP contribution is 2.42. The molecule has 0 spiro atoms. The fourth-order valence-electron chi connectivity index (χ4n) is 2.32. The Labute approximate surface area is 109 Å². The molecule has 0 bridgehead atoms. The van der Waals surface area contributed by atoms with Gasteiger partial charge in [-0.25, -0.2) is 0 Å². The van der Waals surface area contributed by atoms with Crippen molar-refractivity contribution in [1.82, 2.24) is 5.32 Å². The van der Waals surface area contributed by atoms with Crippen LogP contribution >= 0.6 is 0 Å². The van der Waals surface area contributed by atoms with Gasteiger partial charge in [-0.1, -0.05) is 32.0 Å². The van der Waals surface area contributed by atoms with Crippen LogP contribution in [0.2, 0.25) is 0 Å². The van der Waals surface area contributed by atoms with Gasteiger partial charge in [0.05, 0.1) is 6.04 Å². The molecular weight excluding hydrogens is 226 g/mol. The van der Waals surface area contributed by atoms with Crippen LogP contribution in [0.15, 0.2) is 24.3 Å². The zero-order valence-corrected chi connectivity index (χ0v) is 11.7. The van der Waals surface area contributed by atoms with E-state index in [0.717, 1.165) is 12.3 Å². The molecular formula is C15H23NO2. The van der Waals surface area contributed by atoms with Crippen molar-refractivity contribution in [3.05, 3.63) is 29.8 Å². The molecule has 0 saturated carbocycles. The fraction of sp³-hybridized carbons (Fsp3) is 0.600. The molecule has 0 radical (unpaired) electrons. The molecule has 1 aromatic carbocycles. The smallest absolute Gasteiger partial charge is 0.125 e. The first-order valence-electron chi connectivity index (χ1n) is 6.48. The van der Waals surface area contributed by atoms with Crippen molar-refractivity contribution in [1.29, 1.82) is 0 Å². The second-order valence-electron chi connectivity index (χ2n) is 6.38. The van der Waals surface area contributed by atoms with E-state index in [2.05, 4.69) is 39.1 Å². The highest BCUT2D eigenvalue weighted by molar-refractivity contribution is 5.42. The molecule has 0 saturated heterocycles. The highest BCUT2D eigenvalue weighted by Gasteiger charge is 2.41. The average Bonchev–Trinajstić information content (AvgIpc) is 2.56. The lowest BCUT2D eigenvalue weighted by Gasteiger charge is -2.31. The summed E-state index contributed by atoms with van der Waals surface area (Å²) in [6.07, 6.45) is 0. The Morgan fingerprint density at radius 3 is 2.67 bits per heavy atom. The molecule has 3 heteroatoms. The third-order valence-corrected chi connectivity index (χ3v) is 3.51. The molecule has 2 rings (SSSR count). The molecule has 100 valence electrons. The number of hydrogen-bond acceptors (Lipinski definition) is 3. The van der Waals surface area contributed by atoms with Gasteiger partial charge in [0.25, 0.3) is 0 Å². The first-order valence-corrected chi connectivity index (χ1v) is 6.48. The van der Waals surface area contributed by atoms with Gasteiger partial charge in [-0.15, -0.1) is 0 Å². The van der Waals surface area contributed by atoms with Crippen LogP contribution in [-0.2, 0) is 0 Å². The number of para-hydroxylation sites is 1. The van der Waals surface area contributed by atoms with E-state index in [1.165, 1.54) is 5.56 Å². The summed E-state index contributed by atoms with van der Waals surface area (Å²) in [5.74, 6) is 0.960. The summed E-state index contributed by atoms with van der Waals surface area (Å²) >= 11 is 0. The minimum absolute atomic E-state index is 0.117. The van der Waals surface area contributed by atoms with Crippen LogP contribution in [0.25, 0.3) is 0 Å². The maximum atomic E-state index is 9.32.